The number of hydrogen-bond donors (Lipinski definition) is 2. The van der Waals surface area contributed by atoms with E-state index in [4.69, 9.17) is 23.2 Å². The number of nitrogens with zero attached hydrogens (tertiary/aromatic N) is 2. The van der Waals surface area contributed by atoms with Crippen LogP contribution in [0.2, 0.25) is 10.0 Å². The fourth-order valence-electron chi connectivity index (χ4n) is 3.65. The van der Waals surface area contributed by atoms with Crippen LogP contribution in [0, 0.1) is 0 Å². The number of hydrogen-bond acceptors (Lipinski definition) is 5. The monoisotopic (exact) mass is 481 g/mol. The van der Waals surface area contributed by atoms with E-state index in [2.05, 4.69) is 10.3 Å². The molecular weight excluding hydrogens is 465 g/mol. The van der Waals surface area contributed by atoms with Gasteiger partial charge in [0.1, 0.15) is 11.8 Å². The third kappa shape index (κ3) is 4.33. The van der Waals surface area contributed by atoms with Crippen LogP contribution >= 0.6 is 23.2 Å². The first-order valence-corrected chi connectivity index (χ1v) is 10.6. The first-order valence-electron chi connectivity index (χ1n) is 9.83. The van der Waals surface area contributed by atoms with E-state index in [1.165, 1.54) is 36.2 Å². The quantitative estimate of drug-likeness (QED) is 0.311. The van der Waals surface area contributed by atoms with Crippen molar-refractivity contribution in [2.75, 3.05) is 10.2 Å². The largest absolute Gasteiger partial charge is 0.507 e. The van der Waals surface area contributed by atoms with Crippen molar-refractivity contribution in [2.45, 2.75) is 13.0 Å². The van der Waals surface area contributed by atoms with Gasteiger partial charge in [-0.05, 0) is 48.5 Å². The van der Waals surface area contributed by atoms with Crippen molar-refractivity contribution >= 4 is 57.9 Å². The molecule has 2 heterocycles. The standard InChI is InChI=1S/C24H17Cl2N3O4/c1-13(30)28-15-5-4-6-16(12-15)29-21(19-7-2-3-10-27-19)20(23(32)24(29)33)22(31)14-8-9-17(25)18(26)11-14/h2-12,21,31H,1H3,(H,28,30)/b22-20+. The number of amides is 2. The van der Waals surface area contributed by atoms with Gasteiger partial charge < -0.3 is 10.4 Å². The molecule has 1 aliphatic rings. The summed E-state index contributed by atoms with van der Waals surface area (Å²) in [5.41, 5.74) is 1.28. The zero-order valence-corrected chi connectivity index (χ0v) is 18.8. The van der Waals surface area contributed by atoms with E-state index in [1.54, 1.807) is 42.5 Å². The van der Waals surface area contributed by atoms with Crippen molar-refractivity contribution in [3.05, 3.63) is 93.7 Å². The highest BCUT2D eigenvalue weighted by molar-refractivity contribution is 6.51. The van der Waals surface area contributed by atoms with Crippen LogP contribution in [0.15, 0.2) is 72.4 Å². The maximum atomic E-state index is 13.2. The molecule has 2 N–H and O–H groups in total. The molecule has 0 radical (unpaired) electrons. The minimum Gasteiger partial charge on any atom is -0.507 e. The molecule has 1 saturated heterocycles. The van der Waals surface area contributed by atoms with Crippen molar-refractivity contribution in [2.24, 2.45) is 0 Å². The van der Waals surface area contributed by atoms with E-state index < -0.39 is 23.5 Å². The van der Waals surface area contributed by atoms with Gasteiger partial charge in [-0.15, -0.1) is 0 Å². The summed E-state index contributed by atoms with van der Waals surface area (Å²) in [5, 5.41) is 14.2. The number of aromatic nitrogens is 1. The lowest BCUT2D eigenvalue weighted by Crippen LogP contribution is -2.30. The molecular formula is C24H17Cl2N3O4. The molecule has 0 spiro atoms. The van der Waals surface area contributed by atoms with E-state index in [0.717, 1.165) is 0 Å². The molecule has 0 aliphatic carbocycles. The molecule has 1 aromatic heterocycles. The molecule has 1 atom stereocenters. The lowest BCUT2D eigenvalue weighted by molar-refractivity contribution is -0.132. The Kier molecular flexibility index (Phi) is 6.18. The minimum atomic E-state index is -1.01. The van der Waals surface area contributed by atoms with Crippen LogP contribution in [-0.4, -0.2) is 27.7 Å². The van der Waals surface area contributed by atoms with Gasteiger partial charge in [0.15, 0.2) is 0 Å². The number of aliphatic hydroxyl groups is 1. The molecule has 4 rings (SSSR count). The lowest BCUT2D eigenvalue weighted by Gasteiger charge is -2.25. The predicted molar refractivity (Wildman–Crippen MR) is 126 cm³/mol. The van der Waals surface area contributed by atoms with Crippen LogP contribution in [0.3, 0.4) is 0 Å². The molecule has 166 valence electrons. The second-order valence-electron chi connectivity index (χ2n) is 7.28. The maximum absolute atomic E-state index is 13.2. The van der Waals surface area contributed by atoms with Crippen LogP contribution in [0.5, 0.6) is 0 Å². The molecule has 0 bridgehead atoms. The molecule has 0 saturated carbocycles. The fourth-order valence-corrected chi connectivity index (χ4v) is 3.95. The summed E-state index contributed by atoms with van der Waals surface area (Å²) in [6, 6.07) is 15.0. The molecule has 7 nitrogen and oxygen atoms in total. The summed E-state index contributed by atoms with van der Waals surface area (Å²) >= 11 is 12.1. The third-order valence-electron chi connectivity index (χ3n) is 5.05. The Bertz CT molecular complexity index is 1310. The van der Waals surface area contributed by atoms with Crippen LogP contribution < -0.4 is 10.2 Å². The summed E-state index contributed by atoms with van der Waals surface area (Å²) in [7, 11) is 0. The van der Waals surface area contributed by atoms with Crippen LogP contribution in [0.25, 0.3) is 5.76 Å². The van der Waals surface area contributed by atoms with E-state index >= 15 is 0 Å². The molecule has 1 aliphatic heterocycles. The van der Waals surface area contributed by atoms with Gasteiger partial charge in [-0.25, -0.2) is 0 Å². The summed E-state index contributed by atoms with van der Waals surface area (Å²) in [6.45, 7) is 1.37. The summed E-state index contributed by atoms with van der Waals surface area (Å²) in [4.78, 5) is 43.4. The molecule has 2 aromatic carbocycles. The normalized spacial score (nSPS) is 17.3. The van der Waals surface area contributed by atoms with Crippen LogP contribution in [-0.2, 0) is 14.4 Å². The van der Waals surface area contributed by atoms with Crippen molar-refractivity contribution in [1.29, 1.82) is 0 Å². The van der Waals surface area contributed by atoms with E-state index in [1.807, 2.05) is 0 Å². The Morgan fingerprint density at radius 3 is 2.48 bits per heavy atom. The average Bonchev–Trinajstić information content (AvgIpc) is 3.06. The number of pyridine rings is 1. The number of Topliss-reactive ketones (excluding diaryl/α,β-unsaturated/α-hetero) is 1. The van der Waals surface area contributed by atoms with Gasteiger partial charge in [-0.1, -0.05) is 35.3 Å². The second-order valence-corrected chi connectivity index (χ2v) is 8.10. The lowest BCUT2D eigenvalue weighted by atomic mass is 9.98. The number of carbonyl (C=O) groups is 3. The zero-order chi connectivity index (χ0) is 23.7. The maximum Gasteiger partial charge on any atom is 0.300 e. The third-order valence-corrected chi connectivity index (χ3v) is 5.79. The van der Waals surface area contributed by atoms with Crippen LogP contribution in [0.1, 0.15) is 24.2 Å². The second kappa shape index (κ2) is 9.05. The van der Waals surface area contributed by atoms with E-state index in [0.29, 0.717) is 17.1 Å². The summed E-state index contributed by atoms with van der Waals surface area (Å²) < 4.78 is 0. The Balaban J connectivity index is 1.91. The number of rotatable bonds is 4. The highest BCUT2D eigenvalue weighted by Crippen LogP contribution is 2.42. The van der Waals surface area contributed by atoms with Crippen molar-refractivity contribution in [1.82, 2.24) is 4.98 Å². The number of nitrogens with one attached hydrogen (secondary N) is 1. The predicted octanol–water partition coefficient (Wildman–Crippen LogP) is 4.97. The number of halogens is 2. The molecule has 3 aromatic rings. The first kappa shape index (κ1) is 22.5. The molecule has 9 heteroatoms. The van der Waals surface area contributed by atoms with Crippen LogP contribution in [0.4, 0.5) is 11.4 Å². The molecule has 1 unspecified atom stereocenters. The van der Waals surface area contributed by atoms with E-state index in [9.17, 15) is 19.5 Å². The minimum absolute atomic E-state index is 0.137. The van der Waals surface area contributed by atoms with Gasteiger partial charge in [-0.3, -0.25) is 24.3 Å². The van der Waals surface area contributed by atoms with Crippen molar-refractivity contribution in [3.63, 3.8) is 0 Å². The van der Waals surface area contributed by atoms with Gasteiger partial charge >= 0.3 is 0 Å². The Morgan fingerprint density at radius 1 is 1.03 bits per heavy atom. The van der Waals surface area contributed by atoms with Gasteiger partial charge in [0.2, 0.25) is 5.91 Å². The highest BCUT2D eigenvalue weighted by Gasteiger charge is 2.47. The Labute approximate surface area is 199 Å². The van der Waals surface area contributed by atoms with Gasteiger partial charge in [0, 0.05) is 30.1 Å². The van der Waals surface area contributed by atoms with Gasteiger partial charge in [-0.2, -0.15) is 0 Å². The highest BCUT2D eigenvalue weighted by atomic mass is 35.5. The Morgan fingerprint density at radius 2 is 1.82 bits per heavy atom. The SMILES string of the molecule is CC(=O)Nc1cccc(N2C(=O)C(=O)/C(=C(/O)c3ccc(Cl)c(Cl)c3)C2c2ccccn2)c1. The average molecular weight is 482 g/mol. The molecule has 2 amide bonds. The number of aliphatic hydroxyl groups excluding tert-OH is 1. The van der Waals surface area contributed by atoms with Gasteiger partial charge in [0.25, 0.3) is 11.7 Å². The molecule has 33 heavy (non-hydrogen) atoms. The number of anilines is 2. The first-order chi connectivity index (χ1) is 15.8. The Hall–Kier alpha value is -3.68. The number of ketones is 1. The molecule has 1 fully saturated rings. The van der Waals surface area contributed by atoms with Gasteiger partial charge in [0.05, 0.1) is 21.3 Å². The van der Waals surface area contributed by atoms with E-state index in [-0.39, 0.29) is 27.1 Å². The number of benzene rings is 2. The smallest absolute Gasteiger partial charge is 0.300 e. The summed E-state index contributed by atoms with van der Waals surface area (Å²) in [5.74, 6) is -2.40. The zero-order valence-electron chi connectivity index (χ0n) is 17.3. The topological polar surface area (TPSA) is 99.6 Å². The fraction of sp³-hybridized carbons (Fsp3) is 0.0833. The number of carbonyl (C=O) groups excluding carboxylic acids is 3. The summed E-state index contributed by atoms with van der Waals surface area (Å²) in [6.07, 6.45) is 1.53. The van der Waals surface area contributed by atoms with Crippen molar-refractivity contribution < 1.29 is 19.5 Å². The van der Waals surface area contributed by atoms with Crippen molar-refractivity contribution in [3.8, 4) is 0 Å².